The largest absolute Gasteiger partial charge is 0.383 e. The molecule has 2 aliphatic rings. The second-order valence-electron chi connectivity index (χ2n) is 7.44. The molecule has 4 heterocycles. The number of ether oxygens (including phenoxy) is 4. The zero-order valence-corrected chi connectivity index (χ0v) is 17.8. The van der Waals surface area contributed by atoms with E-state index >= 15 is 0 Å². The van der Waals surface area contributed by atoms with Crippen LogP contribution in [0.3, 0.4) is 0 Å². The molecule has 0 saturated carbocycles. The minimum atomic E-state index is -4.42. The number of hydrogen-bond acceptors (Lipinski definition) is 10. The molecule has 0 aliphatic carbocycles. The van der Waals surface area contributed by atoms with Crippen molar-refractivity contribution in [1.29, 1.82) is 0 Å². The van der Waals surface area contributed by atoms with E-state index in [0.29, 0.717) is 16.7 Å². The van der Waals surface area contributed by atoms with Gasteiger partial charge in [0.1, 0.15) is 42.8 Å². The van der Waals surface area contributed by atoms with Gasteiger partial charge in [-0.1, -0.05) is 5.92 Å². The van der Waals surface area contributed by atoms with Crippen molar-refractivity contribution in [2.45, 2.75) is 44.2 Å². The highest BCUT2D eigenvalue weighted by molar-refractivity contribution is 7.83. The third kappa shape index (κ3) is 4.34. The third-order valence-electron chi connectivity index (χ3n) is 4.77. The van der Waals surface area contributed by atoms with Gasteiger partial charge in [-0.2, -0.15) is 18.2 Å². The number of nitrogen functional groups attached to an aromatic ring is 1. The van der Waals surface area contributed by atoms with Crippen LogP contribution in [0.5, 0.6) is 0 Å². The molecule has 0 bridgehead atoms. The van der Waals surface area contributed by atoms with Crippen molar-refractivity contribution in [3.63, 3.8) is 0 Å². The molecular formula is C17H22N6O7S. The average molecular weight is 454 g/mol. The standard InChI is InChI=1S/C17H22N6O7S/c1-17(2)29-12-10(7-21-31(24,25)26)28-16(13(12)30-17)23-15-11(14(18)19-8-20-15)9(22-23)5-4-6-27-3/h8,10,12-13,16,21H,6-7H2,1-3H3,(H2,18,19,20)(H,24,25,26)/t10-,12-,13-,16-/m1/s1. The van der Waals surface area contributed by atoms with Crippen molar-refractivity contribution >= 4 is 27.2 Å². The Hall–Kier alpha value is -2.38. The molecule has 2 aliphatic heterocycles. The summed E-state index contributed by atoms with van der Waals surface area (Å²) >= 11 is 0. The Morgan fingerprint density at radius 2 is 2.10 bits per heavy atom. The lowest BCUT2D eigenvalue weighted by atomic mass is 10.1. The van der Waals surface area contributed by atoms with E-state index in [9.17, 15) is 8.42 Å². The van der Waals surface area contributed by atoms with Gasteiger partial charge in [0.2, 0.25) is 0 Å². The van der Waals surface area contributed by atoms with E-state index in [4.69, 9.17) is 29.2 Å². The van der Waals surface area contributed by atoms with Gasteiger partial charge >= 0.3 is 10.3 Å². The van der Waals surface area contributed by atoms with E-state index in [2.05, 4.69) is 26.9 Å². The van der Waals surface area contributed by atoms with Crippen molar-refractivity contribution < 1.29 is 31.9 Å². The van der Waals surface area contributed by atoms with E-state index in [1.165, 1.54) is 18.1 Å². The van der Waals surface area contributed by atoms with Gasteiger partial charge < -0.3 is 24.7 Å². The molecule has 4 rings (SSSR count). The minimum Gasteiger partial charge on any atom is -0.383 e. The van der Waals surface area contributed by atoms with Crippen LogP contribution in [0.4, 0.5) is 5.82 Å². The van der Waals surface area contributed by atoms with Crippen LogP contribution in [0.15, 0.2) is 6.33 Å². The molecule has 168 valence electrons. The van der Waals surface area contributed by atoms with E-state index in [1.807, 2.05) is 4.72 Å². The number of aromatic nitrogens is 4. The molecule has 2 aromatic heterocycles. The number of methoxy groups -OCH3 is 1. The molecule has 4 N–H and O–H groups in total. The summed E-state index contributed by atoms with van der Waals surface area (Å²) in [5.41, 5.74) is 6.75. The van der Waals surface area contributed by atoms with Crippen molar-refractivity contribution in [3.8, 4) is 11.8 Å². The van der Waals surface area contributed by atoms with Gasteiger partial charge in [-0.05, 0) is 19.8 Å². The second kappa shape index (κ2) is 7.95. The van der Waals surface area contributed by atoms with Crippen LogP contribution in [0.25, 0.3) is 11.0 Å². The highest BCUT2D eigenvalue weighted by Gasteiger charge is 2.56. The maximum atomic E-state index is 11.1. The van der Waals surface area contributed by atoms with Gasteiger partial charge in [-0.15, -0.1) is 0 Å². The number of nitrogens with two attached hydrogens (primary N) is 1. The fourth-order valence-electron chi connectivity index (χ4n) is 3.66. The van der Waals surface area contributed by atoms with Crippen LogP contribution in [-0.4, -0.2) is 77.1 Å². The molecule has 0 unspecified atom stereocenters. The quantitative estimate of drug-likeness (QED) is 0.382. The molecule has 2 fully saturated rings. The van der Waals surface area contributed by atoms with Crippen molar-refractivity contribution in [2.75, 3.05) is 26.0 Å². The molecule has 0 radical (unpaired) electrons. The highest BCUT2D eigenvalue weighted by atomic mass is 32.2. The first kappa shape index (κ1) is 21.8. The fraction of sp³-hybridized carbons (Fsp3) is 0.588. The first-order valence-corrected chi connectivity index (χ1v) is 10.7. The SMILES string of the molecule is COCC#Cc1nn([C@@H]2O[C@H](CNS(=O)(=O)O)[C@H]3OC(C)(C)O[C@H]32)c2ncnc(N)c12. The third-order valence-corrected chi connectivity index (χ3v) is 5.31. The number of anilines is 1. The van der Waals surface area contributed by atoms with Crippen LogP contribution in [0, 0.1) is 11.8 Å². The smallest absolute Gasteiger partial charge is 0.333 e. The zero-order chi connectivity index (χ0) is 22.4. The first-order chi connectivity index (χ1) is 14.6. The summed E-state index contributed by atoms with van der Waals surface area (Å²) in [7, 11) is -2.89. The summed E-state index contributed by atoms with van der Waals surface area (Å²) in [6.07, 6.45) is -1.56. The van der Waals surface area contributed by atoms with E-state index < -0.39 is 40.6 Å². The molecular weight excluding hydrogens is 432 g/mol. The van der Waals surface area contributed by atoms with Crippen LogP contribution < -0.4 is 10.5 Å². The van der Waals surface area contributed by atoms with Crippen LogP contribution >= 0.6 is 0 Å². The van der Waals surface area contributed by atoms with E-state index in [1.54, 1.807) is 13.8 Å². The first-order valence-electron chi connectivity index (χ1n) is 9.29. The lowest BCUT2D eigenvalue weighted by Crippen LogP contribution is -2.39. The summed E-state index contributed by atoms with van der Waals surface area (Å²) in [5.74, 6) is 4.96. The molecule has 13 nitrogen and oxygen atoms in total. The number of rotatable bonds is 5. The number of fused-ring (bicyclic) bond motifs is 2. The lowest BCUT2D eigenvalue weighted by molar-refractivity contribution is -0.196. The minimum absolute atomic E-state index is 0.195. The van der Waals surface area contributed by atoms with Crippen LogP contribution in [0.1, 0.15) is 25.8 Å². The molecule has 4 atom stereocenters. The Balaban J connectivity index is 1.74. The van der Waals surface area contributed by atoms with Gasteiger partial charge in [0.25, 0.3) is 0 Å². The van der Waals surface area contributed by atoms with Gasteiger partial charge in [0, 0.05) is 13.7 Å². The Labute approximate surface area is 178 Å². The van der Waals surface area contributed by atoms with Gasteiger partial charge in [-0.3, -0.25) is 4.55 Å². The topological polar surface area (TPSA) is 173 Å². The Morgan fingerprint density at radius 1 is 1.35 bits per heavy atom. The van der Waals surface area contributed by atoms with E-state index in [0.717, 1.165) is 0 Å². The lowest BCUT2D eigenvalue weighted by Gasteiger charge is -2.24. The van der Waals surface area contributed by atoms with Crippen molar-refractivity contribution in [2.24, 2.45) is 0 Å². The van der Waals surface area contributed by atoms with Crippen molar-refractivity contribution in [1.82, 2.24) is 24.5 Å². The van der Waals surface area contributed by atoms with Gasteiger partial charge in [-0.25, -0.2) is 14.6 Å². The van der Waals surface area contributed by atoms with Gasteiger partial charge in [0.15, 0.2) is 17.7 Å². The maximum Gasteiger partial charge on any atom is 0.333 e. The van der Waals surface area contributed by atoms with E-state index in [-0.39, 0.29) is 19.0 Å². The maximum absolute atomic E-state index is 11.1. The fourth-order valence-corrected chi connectivity index (χ4v) is 4.03. The summed E-state index contributed by atoms with van der Waals surface area (Å²) in [6, 6.07) is 0. The Morgan fingerprint density at radius 3 is 2.81 bits per heavy atom. The summed E-state index contributed by atoms with van der Waals surface area (Å²) < 4.78 is 57.7. The molecule has 14 heteroatoms. The predicted octanol–water partition coefficient (Wildman–Crippen LogP) is -0.784. The molecule has 0 amide bonds. The second-order valence-corrected chi connectivity index (χ2v) is 8.68. The molecule has 2 aromatic rings. The van der Waals surface area contributed by atoms with Crippen LogP contribution in [0.2, 0.25) is 0 Å². The summed E-state index contributed by atoms with van der Waals surface area (Å²) in [4.78, 5) is 8.29. The average Bonchev–Trinajstić information content (AvgIpc) is 3.29. The van der Waals surface area contributed by atoms with Crippen LogP contribution in [-0.2, 0) is 29.3 Å². The molecule has 0 spiro atoms. The van der Waals surface area contributed by atoms with Gasteiger partial charge in [0.05, 0.1) is 5.39 Å². The summed E-state index contributed by atoms with van der Waals surface area (Å²) in [5, 5.41) is 4.96. The highest BCUT2D eigenvalue weighted by Crippen LogP contribution is 2.43. The number of nitrogens with one attached hydrogen (secondary N) is 1. The Bertz CT molecular complexity index is 1150. The number of hydrogen-bond donors (Lipinski definition) is 3. The predicted molar refractivity (Wildman–Crippen MR) is 106 cm³/mol. The molecule has 2 saturated heterocycles. The molecule has 0 aromatic carbocycles. The molecule has 31 heavy (non-hydrogen) atoms. The Kier molecular flexibility index (Phi) is 5.60. The normalized spacial score (nSPS) is 27.2. The number of nitrogens with zero attached hydrogens (tertiary/aromatic N) is 4. The van der Waals surface area contributed by atoms with Crippen molar-refractivity contribution in [3.05, 3.63) is 12.0 Å². The zero-order valence-electron chi connectivity index (χ0n) is 17.0. The monoisotopic (exact) mass is 454 g/mol. The summed E-state index contributed by atoms with van der Waals surface area (Å²) in [6.45, 7) is 3.44.